The Morgan fingerprint density at radius 2 is 1.03 bits per heavy atom. The van der Waals surface area contributed by atoms with Crippen molar-refractivity contribution in [2.45, 2.75) is 66.2 Å². The predicted molar refractivity (Wildman–Crippen MR) is 116 cm³/mol. The van der Waals surface area contributed by atoms with Crippen LogP contribution in [0.5, 0.6) is 0 Å². The monoisotopic (exact) mass is 504 g/mol. The maximum atomic E-state index is 11.9. The van der Waals surface area contributed by atoms with Crippen molar-refractivity contribution in [2.75, 3.05) is 11.5 Å². The molecule has 31 heavy (non-hydrogen) atoms. The molecule has 2 N–H and O–H groups in total. The van der Waals surface area contributed by atoms with Crippen LogP contribution in [0, 0.1) is 33.5 Å². The van der Waals surface area contributed by atoms with Crippen LogP contribution in [-0.4, -0.2) is 86.8 Å². The van der Waals surface area contributed by atoms with Gasteiger partial charge < -0.3 is 0 Å². The molecule has 0 spiro atoms. The molecule has 0 amide bonds. The van der Waals surface area contributed by atoms with Crippen LogP contribution < -0.4 is 0 Å². The fourth-order valence-electron chi connectivity index (χ4n) is 6.84. The molecule has 2 radical (unpaired) electrons. The van der Waals surface area contributed by atoms with Crippen molar-refractivity contribution in [3.63, 3.8) is 0 Å². The van der Waals surface area contributed by atoms with E-state index in [1.165, 1.54) is 0 Å². The van der Waals surface area contributed by atoms with Gasteiger partial charge in [-0.15, -0.1) is 0 Å². The zero-order valence-corrected chi connectivity index (χ0v) is 22.5. The molecule has 8 nitrogen and oxygen atoms in total. The van der Waals surface area contributed by atoms with E-state index in [1.54, 1.807) is 0 Å². The van der Waals surface area contributed by atoms with Crippen LogP contribution in [-0.2, 0) is 29.8 Å². The summed E-state index contributed by atoms with van der Waals surface area (Å²) in [5.74, 6) is -0.203. The van der Waals surface area contributed by atoms with Gasteiger partial charge >= 0.3 is 0 Å². The van der Waals surface area contributed by atoms with Crippen LogP contribution in [0.3, 0.4) is 0 Å². The molecule has 0 aromatic carbocycles. The van der Waals surface area contributed by atoms with Crippen molar-refractivity contribution >= 4 is 69.5 Å². The Bertz CT molecular complexity index is 905. The molecule has 0 heterocycles. The van der Waals surface area contributed by atoms with Crippen LogP contribution in [0.4, 0.5) is 0 Å². The van der Waals surface area contributed by atoms with Crippen LogP contribution >= 0.6 is 0 Å². The fraction of sp³-hybridized carbons (Fsp3) is 0.900. The molecule has 0 aromatic rings. The SMILES string of the molecule is CC1(C)[C@@H]2CC[C@@]1(CS(=O)(=O)O)C(=O)C2.CC1(C)[C@@H]2CC[C@@]1(CS(=O)(=O)O)C(=O)C2.[Ca]. The molecule has 4 aliphatic carbocycles. The standard InChI is InChI=1S/2C10H16O4S.Ca/c2*1-9(2)7-3-4-10(9,8(11)5-7)6-15(12,13)14;/h2*7H,3-6H2,1-2H3,(H,12,13,14);/t2*7-,10-;/m11./s1. The number of Topliss-reactive ketones (excluding diaryl/α,β-unsaturated/α-hetero) is 2. The minimum absolute atomic E-state index is 0. The van der Waals surface area contributed by atoms with Gasteiger partial charge in [-0.3, -0.25) is 18.7 Å². The Balaban J connectivity index is 0.000000213. The van der Waals surface area contributed by atoms with Crippen molar-refractivity contribution < 1.29 is 35.5 Å². The number of hydrogen-bond donors (Lipinski definition) is 2. The van der Waals surface area contributed by atoms with E-state index in [4.69, 9.17) is 9.11 Å². The zero-order chi connectivity index (χ0) is 23.0. The molecule has 4 bridgehead atoms. The molecule has 4 atom stereocenters. The van der Waals surface area contributed by atoms with E-state index < -0.39 is 42.6 Å². The van der Waals surface area contributed by atoms with E-state index >= 15 is 0 Å². The third-order valence-electron chi connectivity index (χ3n) is 9.14. The van der Waals surface area contributed by atoms with Gasteiger partial charge in [0, 0.05) is 50.6 Å². The second-order valence-corrected chi connectivity index (χ2v) is 13.7. The van der Waals surface area contributed by atoms with Gasteiger partial charge in [0.05, 0.1) is 22.3 Å². The van der Waals surface area contributed by atoms with Gasteiger partial charge in [0.1, 0.15) is 11.6 Å². The number of fused-ring (bicyclic) bond motifs is 4. The minimum Gasteiger partial charge on any atom is -0.299 e. The first kappa shape index (κ1) is 27.7. The zero-order valence-electron chi connectivity index (χ0n) is 18.7. The molecule has 4 saturated carbocycles. The number of rotatable bonds is 4. The second-order valence-electron chi connectivity index (χ2n) is 10.8. The number of ketones is 2. The molecule has 4 aliphatic rings. The Morgan fingerprint density at radius 3 is 1.19 bits per heavy atom. The minimum atomic E-state index is -4.08. The van der Waals surface area contributed by atoms with Crippen LogP contribution in [0.1, 0.15) is 66.2 Å². The van der Waals surface area contributed by atoms with Gasteiger partial charge in [0.15, 0.2) is 0 Å². The van der Waals surface area contributed by atoms with Crippen molar-refractivity contribution in [3.05, 3.63) is 0 Å². The molecular formula is C20H32CaO8S2. The molecule has 4 rings (SSSR count). The summed E-state index contributed by atoms with van der Waals surface area (Å²) < 4.78 is 62.0. The first-order valence-corrected chi connectivity index (χ1v) is 13.6. The Labute approximate surface area is 214 Å². The molecule has 0 saturated heterocycles. The molecule has 0 aromatic heterocycles. The van der Waals surface area contributed by atoms with Crippen LogP contribution in [0.2, 0.25) is 0 Å². The third kappa shape index (κ3) is 4.44. The molecule has 11 heteroatoms. The third-order valence-corrected chi connectivity index (χ3v) is 10.9. The van der Waals surface area contributed by atoms with E-state index in [-0.39, 0.29) is 72.0 Å². The summed E-state index contributed by atoms with van der Waals surface area (Å²) in [6, 6.07) is 0. The van der Waals surface area contributed by atoms with Gasteiger partial charge in [-0.05, 0) is 48.3 Å². The maximum absolute atomic E-state index is 11.9. The van der Waals surface area contributed by atoms with Crippen molar-refractivity contribution in [1.82, 2.24) is 0 Å². The van der Waals surface area contributed by atoms with Crippen molar-refractivity contribution in [3.8, 4) is 0 Å². The van der Waals surface area contributed by atoms with Crippen LogP contribution in [0.25, 0.3) is 0 Å². The summed E-state index contributed by atoms with van der Waals surface area (Å²) in [5, 5.41) is 0. The number of carbonyl (C=O) groups excluding carboxylic acids is 2. The average molecular weight is 505 g/mol. The molecule has 174 valence electrons. The summed E-state index contributed by atoms with van der Waals surface area (Å²) in [6.45, 7) is 7.78. The van der Waals surface area contributed by atoms with E-state index in [0.29, 0.717) is 25.7 Å². The topological polar surface area (TPSA) is 143 Å². The van der Waals surface area contributed by atoms with Gasteiger partial charge in [-0.1, -0.05) is 27.7 Å². The molecule has 0 unspecified atom stereocenters. The fourth-order valence-corrected chi connectivity index (χ4v) is 9.44. The summed E-state index contributed by atoms with van der Waals surface area (Å²) in [4.78, 5) is 23.8. The summed E-state index contributed by atoms with van der Waals surface area (Å²) >= 11 is 0. The number of hydrogen-bond acceptors (Lipinski definition) is 6. The van der Waals surface area contributed by atoms with Gasteiger partial charge in [-0.2, -0.15) is 16.8 Å². The number of carbonyl (C=O) groups is 2. The average Bonchev–Trinajstić information content (AvgIpc) is 3.05. The van der Waals surface area contributed by atoms with E-state index in [9.17, 15) is 26.4 Å². The first-order valence-electron chi connectivity index (χ1n) is 10.3. The van der Waals surface area contributed by atoms with Crippen molar-refractivity contribution in [2.24, 2.45) is 33.5 Å². The summed E-state index contributed by atoms with van der Waals surface area (Å²) in [5.41, 5.74) is -2.24. The summed E-state index contributed by atoms with van der Waals surface area (Å²) in [7, 11) is -8.15. The van der Waals surface area contributed by atoms with E-state index in [2.05, 4.69) is 0 Å². The molecule has 4 fully saturated rings. The van der Waals surface area contributed by atoms with Gasteiger partial charge in [0.25, 0.3) is 20.2 Å². The second kappa shape index (κ2) is 8.27. The quantitative estimate of drug-likeness (QED) is 0.438. The maximum Gasteiger partial charge on any atom is 0.265 e. The predicted octanol–water partition coefficient (Wildman–Crippen LogP) is 2.16. The van der Waals surface area contributed by atoms with Gasteiger partial charge in [0.2, 0.25) is 0 Å². The van der Waals surface area contributed by atoms with E-state index in [1.807, 2.05) is 27.7 Å². The molecule has 0 aliphatic heterocycles. The van der Waals surface area contributed by atoms with Crippen molar-refractivity contribution in [1.29, 1.82) is 0 Å². The largest absolute Gasteiger partial charge is 0.299 e. The molecular weight excluding hydrogens is 472 g/mol. The first-order chi connectivity index (χ1) is 13.4. The smallest absolute Gasteiger partial charge is 0.265 e. The van der Waals surface area contributed by atoms with Crippen LogP contribution in [0.15, 0.2) is 0 Å². The van der Waals surface area contributed by atoms with Gasteiger partial charge in [-0.25, -0.2) is 0 Å². The van der Waals surface area contributed by atoms with E-state index in [0.717, 1.165) is 12.8 Å². The normalized spacial score (nSPS) is 37.4. The Morgan fingerprint density at radius 1 is 0.742 bits per heavy atom. The summed E-state index contributed by atoms with van der Waals surface area (Å²) in [6.07, 6.45) is 3.94. The Kier molecular flexibility index (Phi) is 7.38. The Hall–Kier alpha value is 0.420.